The Morgan fingerprint density at radius 1 is 1.65 bits per heavy atom. The molecule has 0 saturated carbocycles. The van der Waals surface area contributed by atoms with E-state index in [9.17, 15) is 9.90 Å². The van der Waals surface area contributed by atoms with Crippen LogP contribution < -0.4 is 11.3 Å². The number of allylic oxidation sites excluding steroid dienone is 1. The third-order valence-corrected chi connectivity index (χ3v) is 3.80. The van der Waals surface area contributed by atoms with Crippen LogP contribution in [0.25, 0.3) is 11.0 Å². The van der Waals surface area contributed by atoms with Crippen molar-refractivity contribution in [3.63, 3.8) is 0 Å². The highest BCUT2D eigenvalue weighted by Gasteiger charge is 2.34. The second-order valence-corrected chi connectivity index (χ2v) is 5.91. The highest BCUT2D eigenvalue weighted by atomic mass is 16.7. The quantitative estimate of drug-likeness (QED) is 0.701. The molecule has 3 rings (SSSR count). The van der Waals surface area contributed by atoms with E-state index in [1.165, 1.54) is 0 Å². The smallest absolute Gasteiger partial charge is 0.261 e. The fraction of sp³-hybridized carbons (Fsp3) is 0.467. The maximum absolute atomic E-state index is 11.8. The van der Waals surface area contributed by atoms with Gasteiger partial charge in [0.1, 0.15) is 11.8 Å². The number of fused-ring (bicyclic) bond motifs is 1. The number of anilines is 1. The third-order valence-electron chi connectivity index (χ3n) is 3.80. The number of hydrogen-bond acceptors (Lipinski definition) is 6. The van der Waals surface area contributed by atoms with Crippen LogP contribution in [0.5, 0.6) is 0 Å². The molecule has 0 amide bonds. The van der Waals surface area contributed by atoms with Crippen molar-refractivity contribution in [2.24, 2.45) is 0 Å². The van der Waals surface area contributed by atoms with Crippen LogP contribution in [0.3, 0.4) is 0 Å². The maximum Gasteiger partial charge on any atom is 0.261 e. The molecule has 4 N–H and O–H groups in total. The largest absolute Gasteiger partial charge is 0.392 e. The van der Waals surface area contributed by atoms with E-state index in [-0.39, 0.29) is 24.2 Å². The van der Waals surface area contributed by atoms with Crippen molar-refractivity contribution in [3.05, 3.63) is 34.3 Å². The number of aromatic amines is 1. The fourth-order valence-electron chi connectivity index (χ4n) is 2.62. The SMILES string of the molecule is CC1(C)OCC(/C(=C\Cn2ccc3c(=O)[nH]c(N)nc32)CO)O1. The van der Waals surface area contributed by atoms with Crippen molar-refractivity contribution in [1.82, 2.24) is 14.5 Å². The molecule has 8 heteroatoms. The first kappa shape index (κ1) is 15.7. The van der Waals surface area contributed by atoms with Gasteiger partial charge in [-0.25, -0.2) is 0 Å². The lowest BCUT2D eigenvalue weighted by atomic mass is 10.1. The molecule has 23 heavy (non-hydrogen) atoms. The third kappa shape index (κ3) is 3.14. The monoisotopic (exact) mass is 320 g/mol. The van der Waals surface area contributed by atoms with Gasteiger partial charge in [0.2, 0.25) is 5.95 Å². The molecule has 124 valence electrons. The summed E-state index contributed by atoms with van der Waals surface area (Å²) in [5.41, 5.74) is 6.56. The van der Waals surface area contributed by atoms with E-state index in [1.54, 1.807) is 16.8 Å². The van der Waals surface area contributed by atoms with E-state index in [0.29, 0.717) is 24.2 Å². The average molecular weight is 320 g/mol. The Bertz CT molecular complexity index is 805. The molecule has 0 spiro atoms. The summed E-state index contributed by atoms with van der Waals surface area (Å²) in [7, 11) is 0. The van der Waals surface area contributed by atoms with Crippen LogP contribution in [0, 0.1) is 0 Å². The van der Waals surface area contributed by atoms with Crippen LogP contribution >= 0.6 is 0 Å². The number of H-pyrrole nitrogens is 1. The van der Waals surface area contributed by atoms with Gasteiger partial charge in [-0.05, 0) is 25.5 Å². The molecule has 0 aliphatic carbocycles. The van der Waals surface area contributed by atoms with Crippen molar-refractivity contribution >= 4 is 17.0 Å². The molecular formula is C15H20N4O4. The molecule has 1 fully saturated rings. The van der Waals surface area contributed by atoms with Crippen molar-refractivity contribution < 1.29 is 14.6 Å². The molecule has 8 nitrogen and oxygen atoms in total. The van der Waals surface area contributed by atoms with E-state index in [1.807, 2.05) is 19.9 Å². The number of nitrogen functional groups attached to an aromatic ring is 1. The zero-order valence-electron chi connectivity index (χ0n) is 13.1. The zero-order chi connectivity index (χ0) is 16.6. The van der Waals surface area contributed by atoms with Gasteiger partial charge in [-0.2, -0.15) is 4.98 Å². The van der Waals surface area contributed by atoms with Gasteiger partial charge < -0.3 is 24.9 Å². The van der Waals surface area contributed by atoms with Gasteiger partial charge in [0, 0.05) is 12.7 Å². The molecule has 2 aromatic heterocycles. The summed E-state index contributed by atoms with van der Waals surface area (Å²) in [5.74, 6) is -0.578. The Kier molecular flexibility index (Phi) is 3.97. The lowest BCUT2D eigenvalue weighted by molar-refractivity contribution is -0.134. The van der Waals surface area contributed by atoms with Crippen molar-refractivity contribution in [3.8, 4) is 0 Å². The molecule has 1 aliphatic rings. The fourth-order valence-corrected chi connectivity index (χ4v) is 2.62. The molecule has 0 radical (unpaired) electrons. The average Bonchev–Trinajstić information content (AvgIpc) is 3.03. The maximum atomic E-state index is 11.8. The molecule has 0 bridgehead atoms. The van der Waals surface area contributed by atoms with Crippen LogP contribution in [0.15, 0.2) is 28.7 Å². The molecular weight excluding hydrogens is 300 g/mol. The molecule has 0 aromatic carbocycles. The first-order valence-corrected chi connectivity index (χ1v) is 7.36. The molecule has 1 saturated heterocycles. The van der Waals surface area contributed by atoms with E-state index < -0.39 is 5.79 Å². The number of nitrogens with one attached hydrogen (secondary N) is 1. The van der Waals surface area contributed by atoms with Gasteiger partial charge in [-0.15, -0.1) is 0 Å². The van der Waals surface area contributed by atoms with Crippen LogP contribution in [0.4, 0.5) is 5.95 Å². The normalized spacial score (nSPS) is 21.2. The first-order chi connectivity index (χ1) is 10.9. The number of hydrogen-bond donors (Lipinski definition) is 3. The molecule has 2 aromatic rings. The van der Waals surface area contributed by atoms with E-state index in [0.717, 1.165) is 5.57 Å². The van der Waals surface area contributed by atoms with Crippen molar-refractivity contribution in [1.29, 1.82) is 0 Å². The Morgan fingerprint density at radius 2 is 2.43 bits per heavy atom. The predicted octanol–water partition coefficient (Wildman–Crippen LogP) is 0.377. The Labute approximate surface area is 132 Å². The van der Waals surface area contributed by atoms with Gasteiger partial charge in [0.25, 0.3) is 5.56 Å². The number of nitrogens with zero attached hydrogens (tertiary/aromatic N) is 2. The van der Waals surface area contributed by atoms with E-state index >= 15 is 0 Å². The first-order valence-electron chi connectivity index (χ1n) is 7.36. The minimum absolute atomic E-state index is 0.0723. The number of rotatable bonds is 4. The standard InChI is InChI=1S/C15H20N4O4/c1-15(2)22-8-11(23-15)9(7-20)3-5-19-6-4-10-12(19)17-14(16)18-13(10)21/h3-4,6,11,20H,5,7-8H2,1-2H3,(H3,16,17,18,21)/b9-3-. The summed E-state index contributed by atoms with van der Waals surface area (Å²) in [4.78, 5) is 18.4. The Morgan fingerprint density at radius 3 is 3.09 bits per heavy atom. The Balaban J connectivity index is 1.85. The van der Waals surface area contributed by atoms with Gasteiger partial charge in [0.15, 0.2) is 5.79 Å². The van der Waals surface area contributed by atoms with Crippen molar-refractivity contribution in [2.75, 3.05) is 18.9 Å². The summed E-state index contributed by atoms with van der Waals surface area (Å²) in [5, 5.41) is 10.1. The van der Waals surface area contributed by atoms with Crippen LogP contribution in [-0.4, -0.2) is 44.7 Å². The lowest BCUT2D eigenvalue weighted by Crippen LogP contribution is -2.23. The minimum atomic E-state index is -0.650. The van der Waals surface area contributed by atoms with Crippen molar-refractivity contribution in [2.45, 2.75) is 32.3 Å². The minimum Gasteiger partial charge on any atom is -0.392 e. The van der Waals surface area contributed by atoms with Crippen LogP contribution in [0.1, 0.15) is 13.8 Å². The number of ether oxygens (including phenoxy) is 2. The number of nitrogens with two attached hydrogens (primary N) is 1. The predicted molar refractivity (Wildman–Crippen MR) is 84.8 cm³/mol. The van der Waals surface area contributed by atoms with E-state index in [2.05, 4.69) is 9.97 Å². The molecule has 1 atom stereocenters. The topological polar surface area (TPSA) is 115 Å². The number of aromatic nitrogens is 3. The van der Waals surface area contributed by atoms with Gasteiger partial charge >= 0.3 is 0 Å². The summed E-state index contributed by atoms with van der Waals surface area (Å²) in [6, 6.07) is 1.69. The molecule has 3 heterocycles. The molecule has 1 aliphatic heterocycles. The highest BCUT2D eigenvalue weighted by Crippen LogP contribution is 2.26. The molecule has 1 unspecified atom stereocenters. The highest BCUT2D eigenvalue weighted by molar-refractivity contribution is 5.75. The zero-order valence-corrected chi connectivity index (χ0v) is 13.1. The second-order valence-electron chi connectivity index (χ2n) is 5.91. The summed E-state index contributed by atoms with van der Waals surface area (Å²) in [6.07, 6.45) is 3.33. The van der Waals surface area contributed by atoms with Gasteiger partial charge in [0.05, 0.1) is 18.6 Å². The van der Waals surface area contributed by atoms with Crippen LogP contribution in [0.2, 0.25) is 0 Å². The Hall–Kier alpha value is -2.16. The van der Waals surface area contributed by atoms with Gasteiger partial charge in [-0.1, -0.05) is 6.08 Å². The summed E-state index contributed by atoms with van der Waals surface area (Å²) < 4.78 is 13.1. The number of aliphatic hydroxyl groups is 1. The number of aliphatic hydroxyl groups excluding tert-OH is 1. The second kappa shape index (κ2) is 5.80. The summed E-state index contributed by atoms with van der Waals surface area (Å²) in [6.45, 7) is 4.38. The van der Waals surface area contributed by atoms with Crippen LogP contribution in [-0.2, 0) is 16.0 Å². The summed E-state index contributed by atoms with van der Waals surface area (Å²) >= 11 is 0. The van der Waals surface area contributed by atoms with Gasteiger partial charge in [-0.3, -0.25) is 9.78 Å². The lowest BCUT2D eigenvalue weighted by Gasteiger charge is -2.18. The van der Waals surface area contributed by atoms with E-state index in [4.69, 9.17) is 15.2 Å².